The molecule has 4 bridgehead atoms. The highest BCUT2D eigenvalue weighted by Crippen LogP contribution is 2.46. The molecule has 35 heavy (non-hydrogen) atoms. The third-order valence-electron chi connectivity index (χ3n) is 7.74. The predicted molar refractivity (Wildman–Crippen MR) is 132 cm³/mol. The maximum Gasteiger partial charge on any atom is 0.309 e. The minimum atomic E-state index is -1.94. The van der Waals surface area contributed by atoms with Crippen molar-refractivity contribution in [2.75, 3.05) is 0 Å². The summed E-state index contributed by atoms with van der Waals surface area (Å²) in [7, 11) is 0. The number of cyclic esters (lactones) is 1. The van der Waals surface area contributed by atoms with Gasteiger partial charge in [-0.3, -0.25) is 9.59 Å². The number of fused-ring (bicyclic) bond motifs is 4. The molecular formula is C28H42O7. The second-order valence-corrected chi connectivity index (χ2v) is 11.4. The molecule has 0 saturated carbocycles. The number of ether oxygens (including phenoxy) is 3. The molecule has 8 atom stereocenters. The zero-order valence-corrected chi connectivity index (χ0v) is 21.8. The molecule has 0 aliphatic carbocycles. The molecule has 2 N–H and O–H groups in total. The molecule has 3 rings (SSSR count). The highest BCUT2D eigenvalue weighted by molar-refractivity contribution is 5.86. The lowest BCUT2D eigenvalue weighted by atomic mass is 9.77. The number of rotatable bonds is 4. The van der Waals surface area contributed by atoms with E-state index in [1.165, 1.54) is 0 Å². The number of aliphatic hydroxyl groups excluding tert-OH is 1. The number of ketones is 1. The Morgan fingerprint density at radius 2 is 1.71 bits per heavy atom. The maximum atomic E-state index is 13.2. The molecule has 3 aliphatic rings. The molecule has 0 radical (unpaired) electrons. The number of esters is 1. The van der Waals surface area contributed by atoms with Gasteiger partial charge in [-0.1, -0.05) is 71.9 Å². The van der Waals surface area contributed by atoms with Gasteiger partial charge in [-0.15, -0.1) is 0 Å². The van der Waals surface area contributed by atoms with Crippen LogP contribution in [0.4, 0.5) is 0 Å². The van der Waals surface area contributed by atoms with Crippen molar-refractivity contribution >= 4 is 11.8 Å². The molecule has 3 heterocycles. The first-order valence-electron chi connectivity index (χ1n) is 12.8. The summed E-state index contributed by atoms with van der Waals surface area (Å²) in [5, 5.41) is 21.8. The first-order chi connectivity index (χ1) is 16.3. The molecule has 0 amide bonds. The summed E-state index contributed by atoms with van der Waals surface area (Å²) < 4.78 is 18.1. The zero-order chi connectivity index (χ0) is 26.0. The summed E-state index contributed by atoms with van der Waals surface area (Å²) in [6, 6.07) is 0. The van der Waals surface area contributed by atoms with Gasteiger partial charge in [0.2, 0.25) is 5.79 Å². The molecule has 0 aromatic carbocycles. The largest absolute Gasteiger partial charge is 0.457 e. The predicted octanol–water partition coefficient (Wildman–Crippen LogP) is 3.88. The fourth-order valence-corrected chi connectivity index (χ4v) is 5.09. The molecule has 0 spiro atoms. The third-order valence-corrected chi connectivity index (χ3v) is 7.74. The van der Waals surface area contributed by atoms with E-state index in [2.05, 4.69) is 19.9 Å². The Balaban J connectivity index is 1.93. The molecule has 7 nitrogen and oxygen atoms in total. The van der Waals surface area contributed by atoms with E-state index in [0.717, 1.165) is 0 Å². The SMILES string of the molecule is CC(C)/C=C/C=C/C=C/[C@H]1OC(=O)C[C@@H]2O[C@H](CC(=O)[C@]3(O)O[C@H](C[C@H]3C)C1(C)C)C[C@H](O)[C@H]2C. The van der Waals surface area contributed by atoms with E-state index in [4.69, 9.17) is 14.2 Å². The van der Waals surface area contributed by atoms with Gasteiger partial charge in [-0.2, -0.15) is 0 Å². The van der Waals surface area contributed by atoms with Crippen molar-refractivity contribution in [1.82, 2.24) is 0 Å². The molecule has 0 aromatic rings. The molecular weight excluding hydrogens is 448 g/mol. The summed E-state index contributed by atoms with van der Waals surface area (Å²) in [5.41, 5.74) is -0.720. The summed E-state index contributed by atoms with van der Waals surface area (Å²) in [5.74, 6) is -3.11. The molecule has 3 aliphatic heterocycles. The van der Waals surface area contributed by atoms with Crippen molar-refractivity contribution in [1.29, 1.82) is 0 Å². The Morgan fingerprint density at radius 3 is 2.40 bits per heavy atom. The maximum absolute atomic E-state index is 13.2. The van der Waals surface area contributed by atoms with Crippen LogP contribution in [0, 0.1) is 23.2 Å². The van der Waals surface area contributed by atoms with Crippen LogP contribution in [-0.2, 0) is 23.8 Å². The molecule has 3 saturated heterocycles. The van der Waals surface area contributed by atoms with Crippen LogP contribution in [0.5, 0.6) is 0 Å². The number of Topliss-reactive ketones (excluding diaryl/α,β-unsaturated/α-hetero) is 1. The molecule has 196 valence electrons. The van der Waals surface area contributed by atoms with Crippen molar-refractivity contribution in [3.63, 3.8) is 0 Å². The average molecular weight is 491 g/mol. The quantitative estimate of drug-likeness (QED) is 0.455. The minimum absolute atomic E-state index is 0.0253. The van der Waals surface area contributed by atoms with Gasteiger partial charge >= 0.3 is 5.97 Å². The van der Waals surface area contributed by atoms with Gasteiger partial charge < -0.3 is 24.4 Å². The minimum Gasteiger partial charge on any atom is -0.457 e. The van der Waals surface area contributed by atoms with Gasteiger partial charge in [-0.25, -0.2) is 0 Å². The molecule has 0 unspecified atom stereocenters. The van der Waals surface area contributed by atoms with Crippen LogP contribution < -0.4 is 0 Å². The van der Waals surface area contributed by atoms with Gasteiger partial charge in [0.05, 0.1) is 30.8 Å². The first kappa shape index (κ1) is 27.8. The van der Waals surface area contributed by atoms with Crippen molar-refractivity contribution in [2.45, 2.75) is 104 Å². The number of allylic oxidation sites excluding steroid dienone is 5. The van der Waals surface area contributed by atoms with Crippen LogP contribution in [0.1, 0.15) is 67.2 Å². The summed E-state index contributed by atoms with van der Waals surface area (Å²) in [6.45, 7) is 11.7. The van der Waals surface area contributed by atoms with Crippen molar-refractivity contribution in [3.05, 3.63) is 36.5 Å². The zero-order valence-electron chi connectivity index (χ0n) is 21.8. The van der Waals surface area contributed by atoms with Crippen molar-refractivity contribution in [3.8, 4) is 0 Å². The standard InChI is InChI=1S/C28H42O7/c1-17(2)11-9-7-8-10-12-24-27(5,6)25-13-18(3)28(32,35-25)23(30)15-20-14-21(29)19(4)22(33-20)16-26(31)34-24/h7-12,17-22,24-25,29,32H,13-16H2,1-6H3/b8-7+,11-9+,12-10+/t18-,19-,20+,21+,22+,24-,25-,28-/m1/s1. The van der Waals surface area contributed by atoms with E-state index in [1.807, 2.05) is 51.2 Å². The van der Waals surface area contributed by atoms with Crippen molar-refractivity contribution in [2.24, 2.45) is 23.2 Å². The topological polar surface area (TPSA) is 102 Å². The highest BCUT2D eigenvalue weighted by atomic mass is 16.6. The van der Waals surface area contributed by atoms with Crippen LogP contribution in [0.25, 0.3) is 0 Å². The number of carbonyl (C=O) groups is 2. The monoisotopic (exact) mass is 490 g/mol. The fourth-order valence-electron chi connectivity index (χ4n) is 5.09. The molecule has 7 heteroatoms. The lowest BCUT2D eigenvalue weighted by Crippen LogP contribution is -2.49. The fraction of sp³-hybridized carbons (Fsp3) is 0.714. The Morgan fingerprint density at radius 1 is 1.03 bits per heavy atom. The van der Waals surface area contributed by atoms with E-state index in [-0.39, 0.29) is 25.2 Å². The highest BCUT2D eigenvalue weighted by Gasteiger charge is 2.56. The lowest BCUT2D eigenvalue weighted by Gasteiger charge is -2.39. The molecule has 0 aromatic heterocycles. The van der Waals surface area contributed by atoms with E-state index >= 15 is 0 Å². The van der Waals surface area contributed by atoms with Crippen LogP contribution in [0.2, 0.25) is 0 Å². The van der Waals surface area contributed by atoms with Crippen LogP contribution in [0.3, 0.4) is 0 Å². The lowest BCUT2D eigenvalue weighted by molar-refractivity contribution is -0.226. The van der Waals surface area contributed by atoms with E-state index in [9.17, 15) is 19.8 Å². The van der Waals surface area contributed by atoms with E-state index in [0.29, 0.717) is 12.3 Å². The number of aliphatic hydroxyl groups is 2. The average Bonchev–Trinajstić information content (AvgIpc) is 3.08. The van der Waals surface area contributed by atoms with E-state index < -0.39 is 59.4 Å². The molecule has 3 fully saturated rings. The number of carbonyl (C=O) groups excluding carboxylic acids is 2. The van der Waals surface area contributed by atoms with Gasteiger partial charge in [0, 0.05) is 30.1 Å². The number of hydrogen-bond acceptors (Lipinski definition) is 7. The Bertz CT molecular complexity index is 857. The van der Waals surface area contributed by atoms with Crippen LogP contribution in [-0.4, -0.2) is 58.3 Å². The first-order valence-corrected chi connectivity index (χ1v) is 12.8. The Hall–Kier alpha value is -1.80. The van der Waals surface area contributed by atoms with Crippen LogP contribution in [0.15, 0.2) is 36.5 Å². The van der Waals surface area contributed by atoms with Gasteiger partial charge in [0.15, 0.2) is 5.78 Å². The summed E-state index contributed by atoms with van der Waals surface area (Å²) in [4.78, 5) is 26.2. The van der Waals surface area contributed by atoms with Crippen molar-refractivity contribution < 1.29 is 34.0 Å². The number of hydrogen-bond donors (Lipinski definition) is 2. The Labute approximate surface area is 209 Å². The summed E-state index contributed by atoms with van der Waals surface area (Å²) in [6.07, 6.45) is 9.00. The van der Waals surface area contributed by atoms with E-state index in [1.54, 1.807) is 6.92 Å². The smallest absolute Gasteiger partial charge is 0.309 e. The van der Waals surface area contributed by atoms with Gasteiger partial charge in [0.1, 0.15) is 6.10 Å². The van der Waals surface area contributed by atoms with Gasteiger partial charge in [-0.05, 0) is 18.4 Å². The Kier molecular flexibility index (Phi) is 8.79. The summed E-state index contributed by atoms with van der Waals surface area (Å²) >= 11 is 0. The normalized spacial score (nSPS) is 40.8. The van der Waals surface area contributed by atoms with Crippen LogP contribution >= 0.6 is 0 Å². The second kappa shape index (κ2) is 11.1. The third kappa shape index (κ3) is 6.31. The van der Waals surface area contributed by atoms with Gasteiger partial charge in [0.25, 0.3) is 0 Å². The second-order valence-electron chi connectivity index (χ2n) is 11.4.